The van der Waals surface area contributed by atoms with Gasteiger partial charge in [0.15, 0.2) is 0 Å². The van der Waals surface area contributed by atoms with Crippen molar-refractivity contribution in [1.29, 1.82) is 0 Å². The molecule has 1 aliphatic heterocycles. The zero-order valence-electron chi connectivity index (χ0n) is 18.5. The van der Waals surface area contributed by atoms with Gasteiger partial charge in [-0.05, 0) is 47.2 Å². The van der Waals surface area contributed by atoms with Gasteiger partial charge in [-0.15, -0.1) is 11.8 Å². The molecule has 1 unspecified atom stereocenters. The van der Waals surface area contributed by atoms with Gasteiger partial charge >= 0.3 is 0 Å². The van der Waals surface area contributed by atoms with Gasteiger partial charge in [0.25, 0.3) is 5.91 Å². The Balaban J connectivity index is 1.44. The first-order valence-corrected chi connectivity index (χ1v) is 12.0. The number of carbonyl (C=O) groups excluding carboxylic acids is 2. The number of anilines is 1. The highest BCUT2D eigenvalue weighted by atomic mass is 32.2. The Hall–Kier alpha value is -3.05. The maximum atomic E-state index is 12.8. The Morgan fingerprint density at radius 3 is 2.41 bits per heavy atom. The van der Waals surface area contributed by atoms with E-state index < -0.39 is 0 Å². The molecule has 3 aromatic carbocycles. The molecular weight excluding hydrogens is 416 g/mol. The van der Waals surface area contributed by atoms with Crippen LogP contribution in [-0.4, -0.2) is 29.0 Å². The molecule has 0 spiro atoms. The molecule has 1 N–H and O–H groups in total. The third-order valence-electron chi connectivity index (χ3n) is 5.74. The first kappa shape index (κ1) is 22.2. The van der Waals surface area contributed by atoms with Crippen molar-refractivity contribution in [3.63, 3.8) is 0 Å². The van der Waals surface area contributed by atoms with E-state index in [-0.39, 0.29) is 17.2 Å². The van der Waals surface area contributed by atoms with Crippen molar-refractivity contribution in [2.24, 2.45) is 0 Å². The summed E-state index contributed by atoms with van der Waals surface area (Å²) < 4.78 is 0. The fourth-order valence-corrected chi connectivity index (χ4v) is 5.19. The molecular formula is C27H28N2O2S. The number of carbonyl (C=O) groups is 2. The lowest BCUT2D eigenvalue weighted by Crippen LogP contribution is -2.30. The minimum atomic E-state index is -0.124. The van der Waals surface area contributed by atoms with Crippen LogP contribution in [0.15, 0.2) is 78.9 Å². The standard InChI is InChI=1S/C27H28N2O2S/c1-19(2)23-10-6-7-11-24(23)28-26(31)21-12-14-22(15-13-21)27-29(25(30)18-32-27)17-16-20-8-4-3-5-9-20/h3-15,19,27H,16-18H2,1-2H3,(H,28,31). The molecule has 0 aromatic heterocycles. The fourth-order valence-electron chi connectivity index (χ4n) is 3.97. The molecule has 1 heterocycles. The minimum absolute atomic E-state index is 0.00927. The van der Waals surface area contributed by atoms with Crippen LogP contribution in [0.2, 0.25) is 0 Å². The molecule has 0 radical (unpaired) electrons. The molecule has 4 rings (SSSR count). The van der Waals surface area contributed by atoms with Crippen molar-refractivity contribution in [2.45, 2.75) is 31.6 Å². The summed E-state index contributed by atoms with van der Waals surface area (Å²) in [5.41, 5.74) is 4.85. The molecule has 2 amide bonds. The fraction of sp³-hybridized carbons (Fsp3) is 0.259. The van der Waals surface area contributed by atoms with Crippen LogP contribution < -0.4 is 5.32 Å². The number of nitrogens with one attached hydrogen (secondary N) is 1. The molecule has 0 aliphatic carbocycles. The second-order valence-corrected chi connectivity index (χ2v) is 9.37. The third-order valence-corrected chi connectivity index (χ3v) is 7.00. The first-order chi connectivity index (χ1) is 15.5. The number of para-hydroxylation sites is 1. The quantitative estimate of drug-likeness (QED) is 0.495. The van der Waals surface area contributed by atoms with E-state index in [2.05, 4.69) is 31.3 Å². The minimum Gasteiger partial charge on any atom is -0.326 e. The number of benzene rings is 3. The van der Waals surface area contributed by atoms with Gasteiger partial charge in [-0.3, -0.25) is 9.59 Å². The Labute approximate surface area is 194 Å². The van der Waals surface area contributed by atoms with Crippen molar-refractivity contribution in [1.82, 2.24) is 4.90 Å². The van der Waals surface area contributed by atoms with E-state index in [0.717, 1.165) is 23.2 Å². The number of rotatable bonds is 7. The lowest BCUT2D eigenvalue weighted by molar-refractivity contribution is -0.128. The molecule has 1 aliphatic rings. The van der Waals surface area contributed by atoms with Gasteiger partial charge < -0.3 is 10.2 Å². The number of amides is 2. The topological polar surface area (TPSA) is 49.4 Å². The molecule has 1 fully saturated rings. The maximum Gasteiger partial charge on any atom is 0.255 e. The van der Waals surface area contributed by atoms with E-state index in [1.165, 1.54) is 5.56 Å². The van der Waals surface area contributed by atoms with Crippen LogP contribution >= 0.6 is 11.8 Å². The Morgan fingerprint density at radius 1 is 1.00 bits per heavy atom. The summed E-state index contributed by atoms with van der Waals surface area (Å²) in [4.78, 5) is 27.3. The average Bonchev–Trinajstić information content (AvgIpc) is 3.19. The highest BCUT2D eigenvalue weighted by Crippen LogP contribution is 2.38. The highest BCUT2D eigenvalue weighted by molar-refractivity contribution is 8.00. The van der Waals surface area contributed by atoms with Gasteiger partial charge in [0.2, 0.25) is 5.91 Å². The first-order valence-electron chi connectivity index (χ1n) is 11.0. The Bertz CT molecular complexity index is 1080. The Kier molecular flexibility index (Phi) is 6.96. The lowest BCUT2D eigenvalue weighted by atomic mass is 10.0. The number of hydrogen-bond donors (Lipinski definition) is 1. The summed E-state index contributed by atoms with van der Waals surface area (Å²) in [6.07, 6.45) is 0.833. The second kappa shape index (κ2) is 10.0. The highest BCUT2D eigenvalue weighted by Gasteiger charge is 2.32. The number of hydrogen-bond acceptors (Lipinski definition) is 3. The largest absolute Gasteiger partial charge is 0.326 e. The molecule has 5 heteroatoms. The van der Waals surface area contributed by atoms with Crippen molar-refractivity contribution in [3.05, 3.63) is 101 Å². The number of thioether (sulfide) groups is 1. The molecule has 164 valence electrons. The van der Waals surface area contributed by atoms with Crippen LogP contribution in [0.5, 0.6) is 0 Å². The molecule has 1 atom stereocenters. The summed E-state index contributed by atoms with van der Waals surface area (Å²) in [5, 5.41) is 3.03. The van der Waals surface area contributed by atoms with Crippen molar-refractivity contribution >= 4 is 29.3 Å². The summed E-state index contributed by atoms with van der Waals surface area (Å²) >= 11 is 1.64. The average molecular weight is 445 g/mol. The van der Waals surface area contributed by atoms with E-state index in [1.807, 2.05) is 71.6 Å². The van der Waals surface area contributed by atoms with E-state index in [9.17, 15) is 9.59 Å². The molecule has 4 nitrogen and oxygen atoms in total. The SMILES string of the molecule is CC(C)c1ccccc1NC(=O)c1ccc(C2SCC(=O)N2CCc2ccccc2)cc1. The van der Waals surface area contributed by atoms with Crippen LogP contribution in [0.3, 0.4) is 0 Å². The van der Waals surface area contributed by atoms with Crippen molar-refractivity contribution in [2.75, 3.05) is 17.6 Å². The van der Waals surface area contributed by atoms with Gasteiger partial charge in [-0.2, -0.15) is 0 Å². The van der Waals surface area contributed by atoms with Gasteiger partial charge in [-0.1, -0.05) is 74.5 Å². The van der Waals surface area contributed by atoms with Crippen LogP contribution in [0.25, 0.3) is 0 Å². The molecule has 1 saturated heterocycles. The summed E-state index contributed by atoms with van der Waals surface area (Å²) in [6, 6.07) is 25.8. The Morgan fingerprint density at radius 2 is 1.69 bits per heavy atom. The summed E-state index contributed by atoms with van der Waals surface area (Å²) in [6.45, 7) is 4.92. The van der Waals surface area contributed by atoms with E-state index >= 15 is 0 Å². The van der Waals surface area contributed by atoms with Gasteiger partial charge in [-0.25, -0.2) is 0 Å². The van der Waals surface area contributed by atoms with E-state index in [4.69, 9.17) is 0 Å². The zero-order chi connectivity index (χ0) is 22.5. The van der Waals surface area contributed by atoms with Crippen molar-refractivity contribution < 1.29 is 9.59 Å². The van der Waals surface area contributed by atoms with E-state index in [1.54, 1.807) is 11.8 Å². The molecule has 32 heavy (non-hydrogen) atoms. The normalized spacial score (nSPS) is 15.9. The molecule has 3 aromatic rings. The predicted molar refractivity (Wildman–Crippen MR) is 132 cm³/mol. The monoisotopic (exact) mass is 444 g/mol. The summed E-state index contributed by atoms with van der Waals surface area (Å²) in [5.74, 6) is 0.865. The van der Waals surface area contributed by atoms with E-state index in [0.29, 0.717) is 23.8 Å². The smallest absolute Gasteiger partial charge is 0.255 e. The second-order valence-electron chi connectivity index (χ2n) is 8.30. The van der Waals surface area contributed by atoms with Gasteiger partial charge in [0.1, 0.15) is 5.37 Å². The zero-order valence-corrected chi connectivity index (χ0v) is 19.3. The van der Waals surface area contributed by atoms with Gasteiger partial charge in [0, 0.05) is 17.8 Å². The van der Waals surface area contributed by atoms with Crippen LogP contribution in [0.1, 0.15) is 52.2 Å². The molecule has 0 bridgehead atoms. The van der Waals surface area contributed by atoms with Crippen LogP contribution in [-0.2, 0) is 11.2 Å². The third kappa shape index (κ3) is 5.05. The van der Waals surface area contributed by atoms with Crippen molar-refractivity contribution in [3.8, 4) is 0 Å². The number of nitrogens with zero attached hydrogens (tertiary/aromatic N) is 1. The predicted octanol–water partition coefficient (Wildman–Crippen LogP) is 5.88. The van der Waals surface area contributed by atoms with Gasteiger partial charge in [0.05, 0.1) is 5.75 Å². The maximum absolute atomic E-state index is 12.8. The van der Waals surface area contributed by atoms with Crippen LogP contribution in [0.4, 0.5) is 5.69 Å². The lowest BCUT2D eigenvalue weighted by Gasteiger charge is -2.24. The summed E-state index contributed by atoms with van der Waals surface area (Å²) in [7, 11) is 0. The van der Waals surface area contributed by atoms with Crippen LogP contribution in [0, 0.1) is 0 Å². The molecule has 0 saturated carbocycles.